The van der Waals surface area contributed by atoms with Gasteiger partial charge in [0.2, 0.25) is 0 Å². The van der Waals surface area contributed by atoms with Gasteiger partial charge in [-0.25, -0.2) is 19.9 Å². The number of hydrogen-bond donors (Lipinski definition) is 2. The van der Waals surface area contributed by atoms with Crippen molar-refractivity contribution in [2.75, 3.05) is 23.3 Å². The number of rotatable bonds is 11. The van der Waals surface area contributed by atoms with E-state index in [1.165, 1.54) is 30.6 Å². The number of pyridine rings is 2. The number of nitrogens with zero attached hydrogens (tertiary/aromatic N) is 6. The molecule has 4 aromatic heterocycles. The Labute approximate surface area is 385 Å². The molecule has 344 valence electrons. The number of fused-ring (bicyclic) bond motifs is 2. The third-order valence-electron chi connectivity index (χ3n) is 11.0. The lowest BCUT2D eigenvalue weighted by Gasteiger charge is -2.34. The monoisotopic (exact) mass is 938 g/mol. The molecule has 18 heteroatoms. The maximum Gasteiger partial charge on any atom is 0.573 e. The second kappa shape index (κ2) is 20.0. The molecule has 0 atom stereocenters. The number of aryl methyl sites for hydroxylation is 1. The third kappa shape index (κ3) is 11.7. The predicted molar refractivity (Wildman–Crippen MR) is 243 cm³/mol. The molecular formula is C49H41ClF6N8O3. The molecule has 1 amide bonds. The van der Waals surface area contributed by atoms with Crippen LogP contribution in [-0.4, -0.2) is 49.7 Å². The number of amides is 1. The Hall–Kier alpha value is -7.40. The maximum absolute atomic E-state index is 13.0. The first-order valence-electron chi connectivity index (χ1n) is 21.1. The lowest BCUT2D eigenvalue weighted by molar-refractivity contribution is -0.274. The van der Waals surface area contributed by atoms with Gasteiger partial charge in [0.1, 0.15) is 40.7 Å². The van der Waals surface area contributed by atoms with Crippen molar-refractivity contribution < 1.29 is 40.6 Å². The summed E-state index contributed by atoms with van der Waals surface area (Å²) in [5, 5.41) is 7.51. The van der Waals surface area contributed by atoms with Crippen LogP contribution < -0.4 is 25.0 Å². The Morgan fingerprint density at radius 1 is 0.791 bits per heavy atom. The molecule has 0 spiro atoms. The Morgan fingerprint density at radius 3 is 2.12 bits per heavy atom. The number of alkyl halides is 6. The summed E-state index contributed by atoms with van der Waals surface area (Å²) < 4.78 is 86.3. The molecule has 4 aromatic carbocycles. The van der Waals surface area contributed by atoms with Crippen molar-refractivity contribution in [1.82, 2.24) is 29.7 Å². The normalized spacial score (nSPS) is 13.2. The molecule has 2 N–H and O–H groups in total. The Kier molecular flexibility index (Phi) is 13.8. The molecule has 1 fully saturated rings. The van der Waals surface area contributed by atoms with Crippen LogP contribution >= 0.6 is 11.6 Å². The quantitative estimate of drug-likeness (QED) is 0.122. The lowest BCUT2D eigenvalue weighted by Crippen LogP contribution is -2.32. The van der Waals surface area contributed by atoms with Gasteiger partial charge >= 0.3 is 12.5 Å². The van der Waals surface area contributed by atoms with E-state index < -0.39 is 18.1 Å². The first-order valence-corrected chi connectivity index (χ1v) is 21.5. The van der Waals surface area contributed by atoms with Crippen LogP contribution in [0, 0.1) is 0 Å². The van der Waals surface area contributed by atoms with Gasteiger partial charge in [0.25, 0.3) is 5.91 Å². The molecule has 0 bridgehead atoms. The maximum atomic E-state index is 13.0. The summed E-state index contributed by atoms with van der Waals surface area (Å²) in [7, 11) is 0. The van der Waals surface area contributed by atoms with E-state index in [0.717, 1.165) is 71.6 Å². The van der Waals surface area contributed by atoms with Gasteiger partial charge in [-0.15, -0.1) is 13.2 Å². The highest BCUT2D eigenvalue weighted by molar-refractivity contribution is 6.30. The second-order valence-electron chi connectivity index (χ2n) is 15.4. The standard InChI is InChI=1S/C29H28ClF3N4O2.C20H13F3N4O/c1-2-25-27(37-18-22(30)7-12-26(37)35-25)28(38)34-17-19-3-8-23(9-4-19)36-15-13-21(14-16-36)20-5-10-24(11-6-20)39-29(31,32)33;21-20(22,23)13-3-7-15(8-4-13)28-16-9-5-14(6-10-16)27-19-17-2-1-11-24-18(17)25-12-26-19/h3-12,18,21H,2,13-17H2,1H3,(H,34,38);1-12H,(H,24,25,26,27). The Morgan fingerprint density at radius 2 is 1.46 bits per heavy atom. The highest BCUT2D eigenvalue weighted by atomic mass is 35.5. The highest BCUT2D eigenvalue weighted by Gasteiger charge is 2.32. The molecule has 1 aliphatic heterocycles. The number of halogens is 7. The fourth-order valence-electron chi connectivity index (χ4n) is 7.64. The van der Waals surface area contributed by atoms with Crippen molar-refractivity contribution in [1.29, 1.82) is 0 Å². The molecule has 5 heterocycles. The van der Waals surface area contributed by atoms with E-state index in [9.17, 15) is 31.1 Å². The molecule has 1 aliphatic rings. The zero-order chi connectivity index (χ0) is 47.1. The first kappa shape index (κ1) is 46.1. The van der Waals surface area contributed by atoms with Gasteiger partial charge < -0.3 is 25.0 Å². The zero-order valence-corrected chi connectivity index (χ0v) is 36.4. The van der Waals surface area contributed by atoms with Crippen LogP contribution in [0.15, 0.2) is 140 Å². The molecule has 0 aliphatic carbocycles. The summed E-state index contributed by atoms with van der Waals surface area (Å²) in [5.41, 5.74) is 5.64. The zero-order valence-electron chi connectivity index (χ0n) is 35.7. The van der Waals surface area contributed by atoms with Crippen molar-refractivity contribution in [3.8, 4) is 17.2 Å². The largest absolute Gasteiger partial charge is 0.573 e. The van der Waals surface area contributed by atoms with E-state index in [1.807, 2.05) is 25.1 Å². The average Bonchev–Trinajstić information content (AvgIpc) is 3.69. The van der Waals surface area contributed by atoms with Gasteiger partial charge in [-0.2, -0.15) is 13.2 Å². The van der Waals surface area contributed by atoms with Gasteiger partial charge in [0.05, 0.1) is 21.7 Å². The van der Waals surface area contributed by atoms with E-state index in [-0.39, 0.29) is 17.6 Å². The topological polar surface area (TPSA) is 119 Å². The van der Waals surface area contributed by atoms with Crippen LogP contribution in [0.4, 0.5) is 43.5 Å². The minimum Gasteiger partial charge on any atom is -0.457 e. The molecule has 0 unspecified atom stereocenters. The molecule has 1 saturated heterocycles. The van der Waals surface area contributed by atoms with Crippen LogP contribution in [0.2, 0.25) is 5.02 Å². The van der Waals surface area contributed by atoms with Gasteiger partial charge in [-0.3, -0.25) is 9.20 Å². The summed E-state index contributed by atoms with van der Waals surface area (Å²) in [4.78, 5) is 32.4. The second-order valence-corrected chi connectivity index (χ2v) is 15.9. The van der Waals surface area contributed by atoms with E-state index in [4.69, 9.17) is 16.3 Å². The fraction of sp³-hybridized carbons (Fsp3) is 0.204. The number of ether oxygens (including phenoxy) is 2. The highest BCUT2D eigenvalue weighted by Crippen LogP contribution is 2.34. The number of nitrogens with one attached hydrogen (secondary N) is 2. The molecular weight excluding hydrogens is 898 g/mol. The number of imidazole rings is 1. The number of anilines is 3. The van der Waals surface area contributed by atoms with E-state index >= 15 is 0 Å². The van der Waals surface area contributed by atoms with Crippen LogP contribution in [0.25, 0.3) is 16.7 Å². The van der Waals surface area contributed by atoms with Gasteiger partial charge in [0, 0.05) is 43.4 Å². The predicted octanol–water partition coefficient (Wildman–Crippen LogP) is 12.3. The van der Waals surface area contributed by atoms with Gasteiger partial charge in [-0.05, 0) is 133 Å². The number of aromatic nitrogens is 5. The van der Waals surface area contributed by atoms with Crippen molar-refractivity contribution in [3.05, 3.63) is 173 Å². The van der Waals surface area contributed by atoms with Crippen LogP contribution in [-0.2, 0) is 19.1 Å². The lowest BCUT2D eigenvalue weighted by atomic mass is 9.89. The van der Waals surface area contributed by atoms with E-state index in [0.29, 0.717) is 52.3 Å². The molecule has 11 nitrogen and oxygen atoms in total. The summed E-state index contributed by atoms with van der Waals surface area (Å²) in [6.45, 7) is 4.04. The van der Waals surface area contributed by atoms with Crippen molar-refractivity contribution >= 4 is 51.4 Å². The number of piperidine rings is 1. The molecule has 0 saturated carbocycles. The number of hydrogen-bond acceptors (Lipinski definition) is 9. The first-order chi connectivity index (χ1) is 32.2. The molecule has 67 heavy (non-hydrogen) atoms. The van der Waals surface area contributed by atoms with Crippen LogP contribution in [0.5, 0.6) is 17.2 Å². The SMILES string of the molecule is CCc1nc2ccc(Cl)cn2c1C(=O)NCc1ccc(N2CCC(c3ccc(OC(F)(F)F)cc3)CC2)cc1.FC(F)(F)c1ccc(Oc2ccc(Nc3ncnc4ncccc34)cc2)cc1. The molecule has 8 aromatic rings. The van der Waals surface area contributed by atoms with Gasteiger partial charge in [-0.1, -0.05) is 42.8 Å². The molecule has 9 rings (SSSR count). The Balaban J connectivity index is 0.000000192. The summed E-state index contributed by atoms with van der Waals surface area (Å²) in [6, 6.07) is 33.1. The van der Waals surface area contributed by atoms with Crippen LogP contribution in [0.3, 0.4) is 0 Å². The number of benzene rings is 4. The van der Waals surface area contributed by atoms with Gasteiger partial charge in [0.15, 0.2) is 5.65 Å². The fourth-order valence-corrected chi connectivity index (χ4v) is 7.80. The summed E-state index contributed by atoms with van der Waals surface area (Å²) >= 11 is 6.14. The van der Waals surface area contributed by atoms with Crippen LogP contribution in [0.1, 0.15) is 58.6 Å². The Bertz CT molecular complexity index is 2940. The summed E-state index contributed by atoms with van der Waals surface area (Å²) in [6.07, 6.45) is -1.82. The third-order valence-corrected chi connectivity index (χ3v) is 11.2. The van der Waals surface area contributed by atoms with Crippen molar-refractivity contribution in [2.45, 2.75) is 51.2 Å². The number of carbonyl (C=O) groups excluding carboxylic acids is 1. The summed E-state index contributed by atoms with van der Waals surface area (Å²) in [5.74, 6) is 1.33. The minimum atomic E-state index is -4.68. The minimum absolute atomic E-state index is 0.200. The van der Waals surface area contributed by atoms with E-state index in [2.05, 4.69) is 52.3 Å². The number of carbonyl (C=O) groups is 1. The molecule has 0 radical (unpaired) electrons. The smallest absolute Gasteiger partial charge is 0.457 e. The average molecular weight is 939 g/mol. The van der Waals surface area contributed by atoms with Crippen molar-refractivity contribution in [3.63, 3.8) is 0 Å². The van der Waals surface area contributed by atoms with E-state index in [1.54, 1.807) is 71.4 Å². The van der Waals surface area contributed by atoms with Crippen molar-refractivity contribution in [2.24, 2.45) is 0 Å².